The molecular formula is C30H34O2. The summed E-state index contributed by atoms with van der Waals surface area (Å²) in [5, 5.41) is 20.1. The van der Waals surface area contributed by atoms with Gasteiger partial charge < -0.3 is 10.2 Å². The zero-order valence-electron chi connectivity index (χ0n) is 19.0. The van der Waals surface area contributed by atoms with Gasteiger partial charge in [-0.3, -0.25) is 0 Å². The number of hydrogen-bond donors (Lipinski definition) is 2. The Morgan fingerprint density at radius 2 is 0.781 bits per heavy atom. The zero-order chi connectivity index (χ0) is 23.0. The van der Waals surface area contributed by atoms with Crippen molar-refractivity contribution in [3.8, 4) is 0 Å². The van der Waals surface area contributed by atoms with Crippen molar-refractivity contribution in [3.05, 3.63) is 144 Å². The SMILES string of the molecule is Cc1ccc(CC(O)/C=C/C=C/C=C/C=C/C=C/C=C/C(O)Cc2ccc(C)cc2)cc1. The minimum absolute atomic E-state index is 0.486. The van der Waals surface area contributed by atoms with E-state index in [9.17, 15) is 10.2 Å². The van der Waals surface area contributed by atoms with E-state index in [-0.39, 0.29) is 0 Å². The molecule has 0 aliphatic rings. The van der Waals surface area contributed by atoms with Crippen molar-refractivity contribution >= 4 is 0 Å². The summed E-state index contributed by atoms with van der Waals surface area (Å²) in [4.78, 5) is 0. The zero-order valence-corrected chi connectivity index (χ0v) is 19.0. The fraction of sp³-hybridized carbons (Fsp3) is 0.200. The Hall–Kier alpha value is -3.20. The van der Waals surface area contributed by atoms with Crippen LogP contribution in [-0.4, -0.2) is 22.4 Å². The first-order valence-electron chi connectivity index (χ1n) is 11.0. The Labute approximate surface area is 193 Å². The van der Waals surface area contributed by atoms with Crippen molar-refractivity contribution in [1.29, 1.82) is 0 Å². The molecule has 2 N–H and O–H groups in total. The molecule has 0 radical (unpaired) electrons. The van der Waals surface area contributed by atoms with Crippen molar-refractivity contribution in [2.24, 2.45) is 0 Å². The van der Waals surface area contributed by atoms with Gasteiger partial charge >= 0.3 is 0 Å². The summed E-state index contributed by atoms with van der Waals surface area (Å²) < 4.78 is 0. The highest BCUT2D eigenvalue weighted by molar-refractivity contribution is 5.25. The second kappa shape index (κ2) is 14.7. The predicted octanol–water partition coefficient (Wildman–Crippen LogP) is 6.15. The van der Waals surface area contributed by atoms with Crippen LogP contribution >= 0.6 is 0 Å². The lowest BCUT2D eigenvalue weighted by molar-refractivity contribution is 0.223. The molecule has 0 aliphatic carbocycles. The maximum Gasteiger partial charge on any atom is 0.0764 e. The van der Waals surface area contributed by atoms with E-state index in [1.165, 1.54) is 11.1 Å². The number of hydrogen-bond acceptors (Lipinski definition) is 2. The van der Waals surface area contributed by atoms with E-state index in [1.807, 2.05) is 60.8 Å². The molecule has 0 heterocycles. The van der Waals surface area contributed by atoms with Crippen LogP contribution in [0, 0.1) is 13.8 Å². The molecule has 0 saturated heterocycles. The Kier molecular flexibility index (Phi) is 11.5. The molecule has 2 aromatic carbocycles. The molecular weight excluding hydrogens is 392 g/mol. The van der Waals surface area contributed by atoms with Gasteiger partial charge in [0.2, 0.25) is 0 Å². The van der Waals surface area contributed by atoms with Gasteiger partial charge in [-0.15, -0.1) is 0 Å². The Morgan fingerprint density at radius 3 is 1.09 bits per heavy atom. The van der Waals surface area contributed by atoms with Gasteiger partial charge in [0.25, 0.3) is 0 Å². The van der Waals surface area contributed by atoms with Crippen molar-refractivity contribution in [2.75, 3.05) is 0 Å². The van der Waals surface area contributed by atoms with Gasteiger partial charge in [0.15, 0.2) is 0 Å². The quantitative estimate of drug-likeness (QED) is 0.423. The second-order valence-corrected chi connectivity index (χ2v) is 7.82. The Bertz CT molecular complexity index is 873. The molecule has 2 unspecified atom stereocenters. The highest BCUT2D eigenvalue weighted by Crippen LogP contribution is 2.08. The van der Waals surface area contributed by atoms with Crippen LogP contribution in [0.25, 0.3) is 0 Å². The van der Waals surface area contributed by atoms with Crippen molar-refractivity contribution in [1.82, 2.24) is 0 Å². The molecule has 2 atom stereocenters. The summed E-state index contributed by atoms with van der Waals surface area (Å²) >= 11 is 0. The predicted molar refractivity (Wildman–Crippen MR) is 137 cm³/mol. The summed E-state index contributed by atoms with van der Waals surface area (Å²) in [6.07, 6.45) is 23.0. The molecule has 0 aliphatic heterocycles. The molecule has 0 saturated carbocycles. The molecule has 0 bridgehead atoms. The van der Waals surface area contributed by atoms with Crippen LogP contribution in [0.2, 0.25) is 0 Å². The molecule has 2 heteroatoms. The summed E-state index contributed by atoms with van der Waals surface area (Å²) in [6.45, 7) is 4.11. The van der Waals surface area contributed by atoms with Gasteiger partial charge in [-0.25, -0.2) is 0 Å². The average Bonchev–Trinajstić information content (AvgIpc) is 2.77. The molecule has 32 heavy (non-hydrogen) atoms. The van der Waals surface area contributed by atoms with Crippen LogP contribution in [0.4, 0.5) is 0 Å². The lowest BCUT2D eigenvalue weighted by atomic mass is 10.1. The van der Waals surface area contributed by atoms with Crippen molar-refractivity contribution in [3.63, 3.8) is 0 Å². The third-order valence-corrected chi connectivity index (χ3v) is 4.80. The van der Waals surface area contributed by atoms with E-state index in [0.29, 0.717) is 12.8 Å². The average molecular weight is 427 g/mol. The van der Waals surface area contributed by atoms with E-state index in [4.69, 9.17) is 0 Å². The standard InChI is InChI=1S/C30H34O2/c1-25-15-19-27(20-16-25)23-29(31)13-11-9-7-5-3-4-6-8-10-12-14-30(32)24-28-21-17-26(2)18-22-28/h3-22,29-32H,23-24H2,1-2H3/b5-3+,6-4+,9-7+,10-8+,13-11+,14-12+. The first kappa shape index (κ1) is 25.1. The fourth-order valence-corrected chi connectivity index (χ4v) is 2.97. The van der Waals surface area contributed by atoms with Crippen molar-refractivity contribution in [2.45, 2.75) is 38.9 Å². The van der Waals surface area contributed by atoms with E-state index < -0.39 is 12.2 Å². The first-order valence-corrected chi connectivity index (χ1v) is 11.0. The molecule has 0 aromatic heterocycles. The number of rotatable bonds is 11. The molecule has 2 aromatic rings. The fourth-order valence-electron chi connectivity index (χ4n) is 2.97. The smallest absolute Gasteiger partial charge is 0.0764 e. The second-order valence-electron chi connectivity index (χ2n) is 7.82. The van der Waals surface area contributed by atoms with Crippen LogP contribution in [0.5, 0.6) is 0 Å². The topological polar surface area (TPSA) is 40.5 Å². The summed E-state index contributed by atoms with van der Waals surface area (Å²) in [6, 6.07) is 16.4. The number of aryl methyl sites for hydroxylation is 2. The third kappa shape index (κ3) is 11.3. The van der Waals surface area contributed by atoms with E-state index in [0.717, 1.165) is 11.1 Å². The van der Waals surface area contributed by atoms with Crippen LogP contribution < -0.4 is 0 Å². The van der Waals surface area contributed by atoms with Gasteiger partial charge in [-0.05, 0) is 25.0 Å². The van der Waals surface area contributed by atoms with Gasteiger partial charge in [-0.1, -0.05) is 133 Å². The minimum Gasteiger partial charge on any atom is -0.389 e. The highest BCUT2D eigenvalue weighted by atomic mass is 16.3. The van der Waals surface area contributed by atoms with Gasteiger partial charge in [0, 0.05) is 12.8 Å². The largest absolute Gasteiger partial charge is 0.389 e. The normalized spacial score (nSPS) is 14.8. The number of allylic oxidation sites excluding steroid dienone is 10. The van der Waals surface area contributed by atoms with Crippen LogP contribution in [0.15, 0.2) is 121 Å². The third-order valence-electron chi connectivity index (χ3n) is 4.80. The molecule has 0 spiro atoms. The minimum atomic E-state index is -0.486. The number of benzene rings is 2. The highest BCUT2D eigenvalue weighted by Gasteiger charge is 2.01. The van der Waals surface area contributed by atoms with Gasteiger partial charge in [0.1, 0.15) is 0 Å². The first-order chi connectivity index (χ1) is 15.5. The molecule has 166 valence electrons. The van der Waals surface area contributed by atoms with Gasteiger partial charge in [0.05, 0.1) is 12.2 Å². The summed E-state index contributed by atoms with van der Waals surface area (Å²) in [7, 11) is 0. The molecule has 2 rings (SSSR count). The van der Waals surface area contributed by atoms with Crippen LogP contribution in [0.1, 0.15) is 22.3 Å². The Balaban J connectivity index is 1.62. The van der Waals surface area contributed by atoms with Crippen LogP contribution in [-0.2, 0) is 12.8 Å². The Morgan fingerprint density at radius 1 is 0.500 bits per heavy atom. The summed E-state index contributed by atoms with van der Waals surface area (Å²) in [5.74, 6) is 0. The van der Waals surface area contributed by atoms with E-state index in [1.54, 1.807) is 12.2 Å². The molecule has 0 fully saturated rings. The molecule has 0 amide bonds. The maximum absolute atomic E-state index is 10.1. The van der Waals surface area contributed by atoms with Crippen LogP contribution in [0.3, 0.4) is 0 Å². The van der Waals surface area contributed by atoms with E-state index >= 15 is 0 Å². The monoisotopic (exact) mass is 426 g/mol. The molecule has 2 nitrogen and oxygen atoms in total. The lowest BCUT2D eigenvalue weighted by Gasteiger charge is -2.05. The van der Waals surface area contributed by atoms with Crippen molar-refractivity contribution < 1.29 is 10.2 Å². The van der Waals surface area contributed by atoms with E-state index in [2.05, 4.69) is 62.4 Å². The number of aliphatic hydroxyl groups is 2. The van der Waals surface area contributed by atoms with Gasteiger partial charge in [-0.2, -0.15) is 0 Å². The maximum atomic E-state index is 10.1. The summed E-state index contributed by atoms with van der Waals surface area (Å²) in [5.41, 5.74) is 4.71. The number of aliphatic hydroxyl groups excluding tert-OH is 2. The lowest BCUT2D eigenvalue weighted by Crippen LogP contribution is -2.06.